The van der Waals surface area contributed by atoms with E-state index in [1.165, 1.54) is 18.7 Å². The van der Waals surface area contributed by atoms with Crippen molar-refractivity contribution in [3.63, 3.8) is 0 Å². The van der Waals surface area contributed by atoms with Gasteiger partial charge in [-0.3, -0.25) is 0 Å². The summed E-state index contributed by atoms with van der Waals surface area (Å²) in [6.45, 7) is 9.06. The summed E-state index contributed by atoms with van der Waals surface area (Å²) in [6.07, 6.45) is 6.88. The third-order valence-corrected chi connectivity index (χ3v) is 3.70. The minimum atomic E-state index is 0.433. The van der Waals surface area contributed by atoms with Crippen LogP contribution in [0.1, 0.15) is 51.6 Å². The van der Waals surface area contributed by atoms with Gasteiger partial charge in [-0.1, -0.05) is 6.92 Å². The summed E-state index contributed by atoms with van der Waals surface area (Å²) in [7, 11) is 0. The van der Waals surface area contributed by atoms with Crippen LogP contribution in [0.4, 0.5) is 0 Å². The molecule has 2 heterocycles. The number of aryl methyl sites for hydroxylation is 2. The molecule has 1 atom stereocenters. The summed E-state index contributed by atoms with van der Waals surface area (Å²) in [5, 5.41) is 6.69. The Bertz CT molecular complexity index is 426. The second kappa shape index (κ2) is 7.31. The first-order chi connectivity index (χ1) is 9.72. The Morgan fingerprint density at radius 3 is 3.00 bits per heavy atom. The number of aromatic nitrogens is 2. The summed E-state index contributed by atoms with van der Waals surface area (Å²) in [5.41, 5.74) is 1.07. The average molecular weight is 277 g/mol. The number of hydrogen-bond donors (Lipinski definition) is 2. The van der Waals surface area contributed by atoms with Gasteiger partial charge in [0.05, 0.1) is 12.2 Å². The molecule has 112 valence electrons. The third kappa shape index (κ3) is 3.99. The normalized spacial score (nSPS) is 16.6. The van der Waals surface area contributed by atoms with Gasteiger partial charge in [0.1, 0.15) is 5.82 Å². The van der Waals surface area contributed by atoms with E-state index in [-0.39, 0.29) is 0 Å². The van der Waals surface area contributed by atoms with E-state index in [0.717, 1.165) is 37.6 Å². The Morgan fingerprint density at radius 2 is 2.30 bits per heavy atom. The van der Waals surface area contributed by atoms with Gasteiger partial charge in [-0.2, -0.15) is 0 Å². The molecule has 2 N–H and O–H groups in total. The van der Waals surface area contributed by atoms with Gasteiger partial charge in [-0.25, -0.2) is 9.98 Å². The highest BCUT2D eigenvalue weighted by Crippen LogP contribution is 2.14. The summed E-state index contributed by atoms with van der Waals surface area (Å²) >= 11 is 0. The minimum absolute atomic E-state index is 0.433. The van der Waals surface area contributed by atoms with E-state index in [1.54, 1.807) is 0 Å². The molecule has 0 saturated heterocycles. The molecule has 1 aromatic heterocycles. The lowest BCUT2D eigenvalue weighted by atomic mass is 10.2. The van der Waals surface area contributed by atoms with E-state index in [0.29, 0.717) is 12.6 Å². The first-order valence-corrected chi connectivity index (χ1v) is 7.82. The van der Waals surface area contributed by atoms with Crippen LogP contribution in [-0.4, -0.2) is 28.1 Å². The second-order valence-electron chi connectivity index (χ2n) is 5.45. The van der Waals surface area contributed by atoms with Crippen LogP contribution in [0, 0.1) is 0 Å². The molecule has 0 aromatic carbocycles. The zero-order valence-electron chi connectivity index (χ0n) is 12.9. The van der Waals surface area contributed by atoms with E-state index in [9.17, 15) is 0 Å². The first kappa shape index (κ1) is 14.9. The molecule has 0 amide bonds. The minimum Gasteiger partial charge on any atom is -0.357 e. The number of aliphatic imine (C=N–C) groups is 1. The maximum atomic E-state index is 4.68. The molecule has 0 saturated carbocycles. The molecule has 1 unspecified atom stereocenters. The Labute approximate surface area is 121 Å². The number of imidazole rings is 1. The fourth-order valence-corrected chi connectivity index (χ4v) is 2.36. The summed E-state index contributed by atoms with van der Waals surface area (Å²) in [4.78, 5) is 9.32. The average Bonchev–Trinajstić information content (AvgIpc) is 2.87. The van der Waals surface area contributed by atoms with E-state index >= 15 is 0 Å². The number of fused-ring (bicyclic) bond motifs is 1. The van der Waals surface area contributed by atoms with Crippen LogP contribution in [0.15, 0.2) is 11.2 Å². The van der Waals surface area contributed by atoms with Crippen molar-refractivity contribution in [2.75, 3.05) is 6.54 Å². The number of hydrogen-bond acceptors (Lipinski definition) is 2. The van der Waals surface area contributed by atoms with Gasteiger partial charge >= 0.3 is 0 Å². The van der Waals surface area contributed by atoms with E-state index < -0.39 is 0 Å². The molecule has 1 aliphatic rings. The standard InChI is InChI=1S/C15H27N5/c1-4-12(3)18-15(16-5-2)17-10-13-11-20-9-7-6-8-14(20)19-13/h11-12H,4-10H2,1-3H3,(H2,16,17,18). The molecular weight excluding hydrogens is 250 g/mol. The summed E-state index contributed by atoms with van der Waals surface area (Å²) in [5.74, 6) is 2.11. The van der Waals surface area contributed by atoms with Gasteiger partial charge in [-0.15, -0.1) is 0 Å². The van der Waals surface area contributed by atoms with Gasteiger partial charge in [0.2, 0.25) is 0 Å². The lowest BCUT2D eigenvalue weighted by Gasteiger charge is -2.15. The smallest absolute Gasteiger partial charge is 0.191 e. The highest BCUT2D eigenvalue weighted by atomic mass is 15.2. The van der Waals surface area contributed by atoms with Crippen molar-refractivity contribution in [3.05, 3.63) is 17.7 Å². The molecule has 5 heteroatoms. The maximum Gasteiger partial charge on any atom is 0.191 e. The predicted octanol–water partition coefficient (Wildman–Crippen LogP) is 2.07. The Morgan fingerprint density at radius 1 is 1.45 bits per heavy atom. The molecule has 0 aliphatic carbocycles. The van der Waals surface area contributed by atoms with Gasteiger partial charge in [0.15, 0.2) is 5.96 Å². The molecule has 1 aliphatic heterocycles. The van der Waals surface area contributed by atoms with Crippen molar-refractivity contribution in [2.24, 2.45) is 4.99 Å². The van der Waals surface area contributed by atoms with Crippen LogP contribution >= 0.6 is 0 Å². The molecule has 0 fully saturated rings. The molecule has 20 heavy (non-hydrogen) atoms. The van der Waals surface area contributed by atoms with Crippen molar-refractivity contribution in [1.82, 2.24) is 20.2 Å². The lowest BCUT2D eigenvalue weighted by molar-refractivity contribution is 0.522. The van der Waals surface area contributed by atoms with Gasteiger partial charge < -0.3 is 15.2 Å². The monoisotopic (exact) mass is 277 g/mol. The topological polar surface area (TPSA) is 54.2 Å². The van der Waals surface area contributed by atoms with E-state index in [4.69, 9.17) is 0 Å². The first-order valence-electron chi connectivity index (χ1n) is 7.82. The number of nitrogens with zero attached hydrogens (tertiary/aromatic N) is 3. The fraction of sp³-hybridized carbons (Fsp3) is 0.733. The van der Waals surface area contributed by atoms with E-state index in [1.807, 2.05) is 0 Å². The van der Waals surface area contributed by atoms with Crippen LogP contribution in [0.2, 0.25) is 0 Å². The summed E-state index contributed by atoms with van der Waals surface area (Å²) in [6, 6.07) is 0.433. The van der Waals surface area contributed by atoms with Crippen LogP contribution in [0.5, 0.6) is 0 Å². The second-order valence-corrected chi connectivity index (χ2v) is 5.45. The maximum absolute atomic E-state index is 4.68. The van der Waals surface area contributed by atoms with Gasteiger partial charge in [0, 0.05) is 31.7 Å². The molecule has 2 rings (SSSR count). The van der Waals surface area contributed by atoms with Crippen LogP contribution in [0.25, 0.3) is 0 Å². The lowest BCUT2D eigenvalue weighted by Crippen LogP contribution is -2.41. The zero-order valence-corrected chi connectivity index (χ0v) is 12.9. The third-order valence-electron chi connectivity index (χ3n) is 3.70. The number of guanidine groups is 1. The zero-order chi connectivity index (χ0) is 14.4. The largest absolute Gasteiger partial charge is 0.357 e. The molecule has 5 nitrogen and oxygen atoms in total. The number of nitrogens with one attached hydrogen (secondary N) is 2. The van der Waals surface area contributed by atoms with Crippen LogP contribution < -0.4 is 10.6 Å². The van der Waals surface area contributed by atoms with Crippen molar-refractivity contribution in [1.29, 1.82) is 0 Å². The van der Waals surface area contributed by atoms with Crippen molar-refractivity contribution in [2.45, 2.75) is 65.6 Å². The highest BCUT2D eigenvalue weighted by Gasteiger charge is 2.12. The number of rotatable bonds is 5. The molecular formula is C15H27N5. The molecule has 0 bridgehead atoms. The highest BCUT2D eigenvalue weighted by molar-refractivity contribution is 5.79. The summed E-state index contributed by atoms with van der Waals surface area (Å²) < 4.78 is 2.28. The Kier molecular flexibility index (Phi) is 5.44. The quantitative estimate of drug-likeness (QED) is 0.640. The molecule has 0 radical (unpaired) electrons. The Hall–Kier alpha value is -1.52. The van der Waals surface area contributed by atoms with Crippen LogP contribution in [0.3, 0.4) is 0 Å². The molecule has 0 spiro atoms. The van der Waals surface area contributed by atoms with Gasteiger partial charge in [-0.05, 0) is 33.1 Å². The van der Waals surface area contributed by atoms with E-state index in [2.05, 4.69) is 52.1 Å². The van der Waals surface area contributed by atoms with Crippen molar-refractivity contribution in [3.8, 4) is 0 Å². The van der Waals surface area contributed by atoms with Crippen molar-refractivity contribution >= 4 is 5.96 Å². The fourth-order valence-electron chi connectivity index (χ4n) is 2.36. The van der Waals surface area contributed by atoms with Crippen LogP contribution in [-0.2, 0) is 19.5 Å². The van der Waals surface area contributed by atoms with Gasteiger partial charge in [0.25, 0.3) is 0 Å². The molecule has 1 aromatic rings. The Balaban J connectivity index is 1.99. The SMILES string of the molecule is CCNC(=NCc1cn2c(n1)CCCC2)NC(C)CC. The predicted molar refractivity (Wildman–Crippen MR) is 82.9 cm³/mol. The van der Waals surface area contributed by atoms with Crippen molar-refractivity contribution < 1.29 is 0 Å².